The molecule has 0 aliphatic rings. The van der Waals surface area contributed by atoms with E-state index in [4.69, 9.17) is 5.73 Å². The van der Waals surface area contributed by atoms with E-state index >= 15 is 0 Å². The molecule has 0 aliphatic carbocycles. The van der Waals surface area contributed by atoms with Crippen LogP contribution in [-0.4, -0.2) is 31.3 Å². The average Bonchev–Trinajstić information content (AvgIpc) is 3.10. The van der Waals surface area contributed by atoms with Gasteiger partial charge in [0.15, 0.2) is 0 Å². The van der Waals surface area contributed by atoms with Gasteiger partial charge in [-0.2, -0.15) is 10.1 Å². The van der Waals surface area contributed by atoms with Crippen molar-refractivity contribution >= 4 is 17.5 Å². The minimum Gasteiger partial charge on any atom is -0.366 e. The van der Waals surface area contributed by atoms with E-state index in [9.17, 15) is 4.79 Å². The molecule has 100 valence electrons. The van der Waals surface area contributed by atoms with Gasteiger partial charge >= 0.3 is 0 Å². The first-order valence-electron chi connectivity index (χ1n) is 5.81. The van der Waals surface area contributed by atoms with Gasteiger partial charge in [-0.3, -0.25) is 15.0 Å². The molecule has 0 atom stereocenters. The molecule has 1 amide bonds. The number of anilines is 2. The van der Waals surface area contributed by atoms with E-state index in [1.54, 1.807) is 18.3 Å². The minimum atomic E-state index is -0.400. The fourth-order valence-corrected chi connectivity index (χ4v) is 1.72. The number of nitrogen functional groups attached to an aromatic ring is 1. The zero-order valence-corrected chi connectivity index (χ0v) is 10.3. The van der Waals surface area contributed by atoms with Crippen molar-refractivity contribution in [2.45, 2.75) is 0 Å². The lowest BCUT2D eigenvalue weighted by molar-refractivity contribution is 0.101. The predicted octanol–water partition coefficient (Wildman–Crippen LogP) is 1.03. The Hall–Kier alpha value is -3.16. The lowest BCUT2D eigenvalue weighted by atomic mass is 10.1. The number of H-pyrrole nitrogens is 2. The molecule has 0 radical (unpaired) electrons. The van der Waals surface area contributed by atoms with Crippen molar-refractivity contribution < 1.29 is 4.79 Å². The lowest BCUT2D eigenvalue weighted by Gasteiger charge is -2.04. The summed E-state index contributed by atoms with van der Waals surface area (Å²) in [6, 6.07) is 9.18. The molecule has 0 unspecified atom stereocenters. The molecule has 8 nitrogen and oxygen atoms in total. The number of hydrogen-bond acceptors (Lipinski definition) is 5. The van der Waals surface area contributed by atoms with Crippen molar-refractivity contribution in [3.63, 3.8) is 0 Å². The Kier molecular flexibility index (Phi) is 2.88. The highest BCUT2D eigenvalue weighted by molar-refractivity contribution is 6.01. The molecule has 1 aromatic carbocycles. The summed E-state index contributed by atoms with van der Waals surface area (Å²) in [5.74, 6) is -0.298. The Bertz CT molecular complexity index is 715. The average molecular weight is 269 g/mol. The Morgan fingerprint density at radius 3 is 2.55 bits per heavy atom. The first-order valence-corrected chi connectivity index (χ1v) is 5.81. The molecule has 0 aliphatic heterocycles. The number of benzene rings is 1. The summed E-state index contributed by atoms with van der Waals surface area (Å²) in [6.45, 7) is 0. The standard InChI is InChI=1S/C12H11N7O/c13-12-16-10(18-19-12)11(20)15-8-3-1-7(2-4-8)9-5-6-14-17-9/h1-6H,(H,14,17)(H,15,20)(H3,13,16,18,19). The van der Waals surface area contributed by atoms with Crippen LogP contribution in [0.15, 0.2) is 36.5 Å². The summed E-state index contributed by atoms with van der Waals surface area (Å²) in [5.41, 5.74) is 7.87. The van der Waals surface area contributed by atoms with Gasteiger partial charge in [0.1, 0.15) is 0 Å². The van der Waals surface area contributed by atoms with Crippen LogP contribution in [0.2, 0.25) is 0 Å². The van der Waals surface area contributed by atoms with E-state index in [1.807, 2.05) is 18.2 Å². The smallest absolute Gasteiger partial charge is 0.293 e. The van der Waals surface area contributed by atoms with E-state index in [0.29, 0.717) is 5.69 Å². The predicted molar refractivity (Wildman–Crippen MR) is 72.8 cm³/mol. The molecule has 0 saturated heterocycles. The zero-order chi connectivity index (χ0) is 13.9. The second kappa shape index (κ2) is 4.84. The monoisotopic (exact) mass is 269 g/mol. The normalized spacial score (nSPS) is 10.4. The van der Waals surface area contributed by atoms with E-state index < -0.39 is 5.91 Å². The maximum atomic E-state index is 11.8. The van der Waals surface area contributed by atoms with Crippen molar-refractivity contribution in [3.05, 3.63) is 42.4 Å². The van der Waals surface area contributed by atoms with E-state index in [2.05, 4.69) is 30.7 Å². The van der Waals surface area contributed by atoms with Crippen LogP contribution in [0.1, 0.15) is 10.6 Å². The summed E-state index contributed by atoms with van der Waals surface area (Å²) in [5, 5.41) is 15.5. The van der Waals surface area contributed by atoms with Gasteiger partial charge in [-0.05, 0) is 23.8 Å². The first-order chi connectivity index (χ1) is 9.72. The molecule has 8 heteroatoms. The van der Waals surface area contributed by atoms with Crippen LogP contribution in [0.25, 0.3) is 11.3 Å². The van der Waals surface area contributed by atoms with Gasteiger partial charge in [0.25, 0.3) is 5.91 Å². The van der Waals surface area contributed by atoms with E-state index in [-0.39, 0.29) is 11.8 Å². The Morgan fingerprint density at radius 1 is 1.15 bits per heavy atom. The molecule has 0 fully saturated rings. The number of aromatic amines is 2. The SMILES string of the molecule is Nc1n[nH]c(C(=O)Nc2ccc(-c3ccn[nH]3)cc2)n1. The summed E-state index contributed by atoms with van der Waals surface area (Å²) in [4.78, 5) is 15.6. The number of nitrogens with one attached hydrogen (secondary N) is 3. The van der Waals surface area contributed by atoms with Crippen molar-refractivity contribution in [1.29, 1.82) is 0 Å². The molecule has 0 spiro atoms. The quantitative estimate of drug-likeness (QED) is 0.565. The number of carbonyl (C=O) groups excluding carboxylic acids is 1. The van der Waals surface area contributed by atoms with Gasteiger partial charge in [-0.25, -0.2) is 0 Å². The number of aromatic nitrogens is 5. The van der Waals surface area contributed by atoms with Gasteiger partial charge in [0, 0.05) is 11.9 Å². The Labute approximate surface area is 113 Å². The zero-order valence-electron chi connectivity index (χ0n) is 10.3. The maximum absolute atomic E-state index is 11.8. The van der Waals surface area contributed by atoms with Crippen LogP contribution in [0, 0.1) is 0 Å². The van der Waals surface area contributed by atoms with E-state index in [0.717, 1.165) is 11.3 Å². The molecule has 0 saturated carbocycles. The number of amides is 1. The fraction of sp³-hybridized carbons (Fsp3) is 0. The largest absolute Gasteiger partial charge is 0.366 e. The number of hydrogen-bond donors (Lipinski definition) is 4. The third kappa shape index (κ3) is 2.34. The van der Waals surface area contributed by atoms with Crippen molar-refractivity contribution in [1.82, 2.24) is 25.4 Å². The number of carbonyl (C=O) groups is 1. The molecule has 2 heterocycles. The fourth-order valence-electron chi connectivity index (χ4n) is 1.72. The topological polar surface area (TPSA) is 125 Å². The van der Waals surface area contributed by atoms with Crippen molar-refractivity contribution in [3.8, 4) is 11.3 Å². The molecular formula is C12H11N7O. The third-order valence-electron chi connectivity index (χ3n) is 2.67. The van der Waals surface area contributed by atoms with Gasteiger partial charge in [-0.15, -0.1) is 5.10 Å². The van der Waals surface area contributed by atoms with Gasteiger partial charge in [0.2, 0.25) is 11.8 Å². The summed E-state index contributed by atoms with van der Waals surface area (Å²) < 4.78 is 0. The van der Waals surface area contributed by atoms with Crippen LogP contribution in [0.4, 0.5) is 11.6 Å². The number of nitrogens with two attached hydrogens (primary N) is 1. The van der Waals surface area contributed by atoms with Gasteiger partial charge in [0.05, 0.1) is 5.69 Å². The Balaban J connectivity index is 1.74. The molecule has 0 bridgehead atoms. The molecule has 3 rings (SSSR count). The molecule has 2 aromatic heterocycles. The summed E-state index contributed by atoms with van der Waals surface area (Å²) in [7, 11) is 0. The molecule has 5 N–H and O–H groups in total. The highest BCUT2D eigenvalue weighted by Crippen LogP contribution is 2.19. The summed E-state index contributed by atoms with van der Waals surface area (Å²) in [6.07, 6.45) is 1.68. The van der Waals surface area contributed by atoms with E-state index in [1.165, 1.54) is 0 Å². The highest BCUT2D eigenvalue weighted by Gasteiger charge is 2.10. The van der Waals surface area contributed by atoms with Crippen molar-refractivity contribution in [2.75, 3.05) is 11.1 Å². The Morgan fingerprint density at radius 2 is 1.95 bits per heavy atom. The maximum Gasteiger partial charge on any atom is 0.293 e. The number of rotatable bonds is 3. The van der Waals surface area contributed by atoms with Crippen LogP contribution < -0.4 is 11.1 Å². The lowest BCUT2D eigenvalue weighted by Crippen LogP contribution is -2.13. The minimum absolute atomic E-state index is 0.0322. The second-order valence-corrected chi connectivity index (χ2v) is 4.04. The van der Waals surface area contributed by atoms with Crippen LogP contribution in [0.3, 0.4) is 0 Å². The van der Waals surface area contributed by atoms with Crippen LogP contribution >= 0.6 is 0 Å². The second-order valence-electron chi connectivity index (χ2n) is 4.04. The van der Waals surface area contributed by atoms with Gasteiger partial charge < -0.3 is 11.1 Å². The van der Waals surface area contributed by atoms with Gasteiger partial charge in [-0.1, -0.05) is 12.1 Å². The molecular weight excluding hydrogens is 258 g/mol. The van der Waals surface area contributed by atoms with Crippen molar-refractivity contribution in [2.24, 2.45) is 0 Å². The van der Waals surface area contributed by atoms with Crippen LogP contribution in [0.5, 0.6) is 0 Å². The highest BCUT2D eigenvalue weighted by atomic mass is 16.2. The molecule has 20 heavy (non-hydrogen) atoms. The third-order valence-corrected chi connectivity index (χ3v) is 2.67. The first kappa shape index (κ1) is 11.9. The summed E-state index contributed by atoms with van der Waals surface area (Å²) >= 11 is 0. The molecule has 3 aromatic rings. The van der Waals surface area contributed by atoms with Crippen LogP contribution in [-0.2, 0) is 0 Å². The number of nitrogens with zero attached hydrogens (tertiary/aromatic N) is 3.